The summed E-state index contributed by atoms with van der Waals surface area (Å²) in [6.07, 6.45) is 2.71. The molecule has 5 N–H and O–H groups in total. The second kappa shape index (κ2) is 8.97. The van der Waals surface area contributed by atoms with Crippen molar-refractivity contribution in [1.29, 1.82) is 0 Å². The summed E-state index contributed by atoms with van der Waals surface area (Å²) in [5, 5.41) is 6.06. The average molecular weight is 448 g/mol. The molecule has 4 rings (SSSR count). The van der Waals surface area contributed by atoms with Gasteiger partial charge in [-0.25, -0.2) is 4.99 Å². The SMILES string of the molecule is NC(=Nc1ccc(C2(C(F)(F)F)CCCCN2)cc1)c1c(NC2CCCC2)cc[nH]c1=O. The molecule has 2 aromatic rings. The summed E-state index contributed by atoms with van der Waals surface area (Å²) in [6, 6.07) is 7.92. The van der Waals surface area contributed by atoms with Gasteiger partial charge in [-0.3, -0.25) is 10.1 Å². The summed E-state index contributed by atoms with van der Waals surface area (Å²) < 4.78 is 41.7. The highest BCUT2D eigenvalue weighted by Gasteiger charge is 2.55. The van der Waals surface area contributed by atoms with Crippen LogP contribution in [0.1, 0.15) is 56.1 Å². The van der Waals surface area contributed by atoms with Crippen molar-refractivity contribution in [2.24, 2.45) is 10.7 Å². The summed E-state index contributed by atoms with van der Waals surface area (Å²) in [5.41, 5.74) is 5.15. The quantitative estimate of drug-likeness (QED) is 0.406. The number of hydrogen-bond acceptors (Lipinski definition) is 4. The van der Waals surface area contributed by atoms with Gasteiger partial charge in [-0.05, 0) is 62.4 Å². The minimum atomic E-state index is -4.41. The molecule has 1 atom stereocenters. The summed E-state index contributed by atoms with van der Waals surface area (Å²) in [5.74, 6) is 0.0152. The van der Waals surface area contributed by atoms with Crippen LogP contribution in [-0.4, -0.2) is 29.6 Å². The molecule has 32 heavy (non-hydrogen) atoms. The van der Waals surface area contributed by atoms with Crippen molar-refractivity contribution in [2.75, 3.05) is 11.9 Å². The number of H-pyrrole nitrogens is 1. The Morgan fingerprint density at radius 1 is 1.09 bits per heavy atom. The Balaban J connectivity index is 1.62. The summed E-state index contributed by atoms with van der Waals surface area (Å²) >= 11 is 0. The van der Waals surface area contributed by atoms with Gasteiger partial charge in [-0.2, -0.15) is 13.2 Å². The Kier molecular flexibility index (Phi) is 6.28. The number of benzene rings is 1. The van der Waals surface area contributed by atoms with Crippen LogP contribution >= 0.6 is 0 Å². The molecule has 9 heteroatoms. The van der Waals surface area contributed by atoms with Crippen LogP contribution in [0.2, 0.25) is 0 Å². The zero-order chi connectivity index (χ0) is 22.8. The van der Waals surface area contributed by atoms with Crippen molar-refractivity contribution < 1.29 is 13.2 Å². The minimum Gasteiger partial charge on any atom is -0.383 e. The highest BCUT2D eigenvalue weighted by molar-refractivity contribution is 6.03. The molecular formula is C23H28F3N5O. The smallest absolute Gasteiger partial charge is 0.383 e. The van der Waals surface area contributed by atoms with Crippen LogP contribution in [0.15, 0.2) is 46.3 Å². The number of anilines is 1. The number of halogens is 3. The van der Waals surface area contributed by atoms with Crippen LogP contribution in [0.5, 0.6) is 0 Å². The molecular weight excluding hydrogens is 419 g/mol. The number of piperidine rings is 1. The first kappa shape index (κ1) is 22.4. The molecule has 0 spiro atoms. The molecule has 2 heterocycles. The Morgan fingerprint density at radius 3 is 2.44 bits per heavy atom. The molecule has 0 amide bonds. The van der Waals surface area contributed by atoms with Crippen molar-refractivity contribution in [2.45, 2.75) is 62.7 Å². The van der Waals surface area contributed by atoms with Gasteiger partial charge in [0, 0.05) is 12.2 Å². The Morgan fingerprint density at radius 2 is 1.81 bits per heavy atom. The van der Waals surface area contributed by atoms with Gasteiger partial charge in [0.15, 0.2) is 0 Å². The minimum absolute atomic E-state index is 0.00313. The lowest BCUT2D eigenvalue weighted by molar-refractivity contribution is -0.207. The fourth-order valence-electron chi connectivity index (χ4n) is 4.72. The Hall–Kier alpha value is -2.81. The molecule has 2 fully saturated rings. The first-order chi connectivity index (χ1) is 15.3. The van der Waals surface area contributed by atoms with Gasteiger partial charge < -0.3 is 16.0 Å². The predicted molar refractivity (Wildman–Crippen MR) is 119 cm³/mol. The van der Waals surface area contributed by atoms with E-state index in [1.807, 2.05) is 0 Å². The van der Waals surface area contributed by atoms with Gasteiger partial charge in [-0.1, -0.05) is 25.0 Å². The van der Waals surface area contributed by atoms with Gasteiger partial charge in [0.1, 0.15) is 16.9 Å². The van der Waals surface area contributed by atoms with E-state index >= 15 is 0 Å². The lowest BCUT2D eigenvalue weighted by Gasteiger charge is -2.40. The highest BCUT2D eigenvalue weighted by atomic mass is 19.4. The number of nitrogens with two attached hydrogens (primary N) is 1. The summed E-state index contributed by atoms with van der Waals surface area (Å²) in [4.78, 5) is 19.4. The molecule has 0 radical (unpaired) electrons. The number of nitrogens with one attached hydrogen (secondary N) is 3. The maximum atomic E-state index is 13.9. The Bertz CT molecular complexity index is 1020. The largest absolute Gasteiger partial charge is 0.410 e. The lowest BCUT2D eigenvalue weighted by Crippen LogP contribution is -2.56. The molecule has 1 aromatic carbocycles. The third kappa shape index (κ3) is 4.39. The van der Waals surface area contributed by atoms with Gasteiger partial charge >= 0.3 is 6.18 Å². The van der Waals surface area contributed by atoms with E-state index in [1.165, 1.54) is 24.3 Å². The number of aromatic nitrogens is 1. The average Bonchev–Trinajstić information content (AvgIpc) is 3.27. The van der Waals surface area contributed by atoms with Crippen molar-refractivity contribution in [3.8, 4) is 0 Å². The van der Waals surface area contributed by atoms with Crippen LogP contribution in [-0.2, 0) is 5.54 Å². The number of amidine groups is 1. The van der Waals surface area contributed by atoms with Crippen molar-refractivity contribution >= 4 is 17.2 Å². The fraction of sp³-hybridized carbons (Fsp3) is 0.478. The van der Waals surface area contributed by atoms with Crippen LogP contribution in [0.4, 0.5) is 24.5 Å². The van der Waals surface area contributed by atoms with Crippen LogP contribution in [0.25, 0.3) is 0 Å². The third-order valence-electron chi connectivity index (χ3n) is 6.43. The third-order valence-corrected chi connectivity index (χ3v) is 6.43. The molecule has 1 aromatic heterocycles. The molecule has 1 saturated heterocycles. The van der Waals surface area contributed by atoms with Crippen molar-refractivity contribution in [1.82, 2.24) is 10.3 Å². The zero-order valence-electron chi connectivity index (χ0n) is 17.8. The second-order valence-electron chi connectivity index (χ2n) is 8.55. The van der Waals surface area contributed by atoms with E-state index in [0.29, 0.717) is 24.3 Å². The van der Waals surface area contributed by atoms with Crippen LogP contribution in [0, 0.1) is 0 Å². The predicted octanol–water partition coefficient (Wildman–Crippen LogP) is 4.30. The summed E-state index contributed by atoms with van der Waals surface area (Å²) in [6.45, 7) is 0.319. The molecule has 2 aliphatic rings. The highest BCUT2D eigenvalue weighted by Crippen LogP contribution is 2.44. The van der Waals surface area contributed by atoms with E-state index in [0.717, 1.165) is 32.1 Å². The molecule has 6 nitrogen and oxygen atoms in total. The van der Waals surface area contributed by atoms with Crippen molar-refractivity contribution in [3.63, 3.8) is 0 Å². The van der Waals surface area contributed by atoms with E-state index in [-0.39, 0.29) is 35.0 Å². The first-order valence-electron chi connectivity index (χ1n) is 11.1. The van der Waals surface area contributed by atoms with Gasteiger partial charge in [0.2, 0.25) is 0 Å². The maximum absolute atomic E-state index is 13.9. The van der Waals surface area contributed by atoms with E-state index in [4.69, 9.17) is 5.73 Å². The maximum Gasteiger partial charge on any atom is 0.410 e. The number of nitrogens with zero attached hydrogens (tertiary/aromatic N) is 1. The van der Waals surface area contributed by atoms with E-state index in [2.05, 4.69) is 20.6 Å². The topological polar surface area (TPSA) is 95.3 Å². The van der Waals surface area contributed by atoms with Crippen LogP contribution < -0.4 is 21.9 Å². The van der Waals surface area contributed by atoms with Gasteiger partial charge in [0.25, 0.3) is 5.56 Å². The second-order valence-corrected chi connectivity index (χ2v) is 8.55. The van der Waals surface area contributed by atoms with Crippen molar-refractivity contribution in [3.05, 3.63) is 58.0 Å². The number of rotatable bonds is 5. The zero-order valence-corrected chi connectivity index (χ0v) is 17.8. The molecule has 0 bridgehead atoms. The Labute approximate surface area is 184 Å². The molecule has 1 saturated carbocycles. The van der Waals surface area contributed by atoms with E-state index in [1.54, 1.807) is 12.3 Å². The monoisotopic (exact) mass is 447 g/mol. The van der Waals surface area contributed by atoms with Gasteiger partial charge in [-0.15, -0.1) is 0 Å². The van der Waals surface area contributed by atoms with E-state index < -0.39 is 11.7 Å². The summed E-state index contributed by atoms with van der Waals surface area (Å²) in [7, 11) is 0. The number of hydrogen-bond donors (Lipinski definition) is 4. The number of alkyl halides is 3. The fourth-order valence-corrected chi connectivity index (χ4v) is 4.72. The number of aliphatic imine (C=N–C) groups is 1. The normalized spacial score (nSPS) is 22.8. The van der Waals surface area contributed by atoms with Crippen LogP contribution in [0.3, 0.4) is 0 Å². The lowest BCUT2D eigenvalue weighted by atomic mass is 9.81. The number of aromatic amines is 1. The molecule has 1 unspecified atom stereocenters. The molecule has 172 valence electrons. The van der Waals surface area contributed by atoms with E-state index in [9.17, 15) is 18.0 Å². The number of pyridine rings is 1. The molecule has 1 aliphatic heterocycles. The molecule has 1 aliphatic carbocycles. The standard InChI is InChI=1S/C23H28F3N5O/c24-23(25,26)22(12-3-4-13-29-22)15-7-9-17(10-8-15)31-20(27)19-18(11-14-28-21(19)32)30-16-5-1-2-6-16/h7-11,14,16,29H,1-6,12-13H2,(H2,27,31)(H2,28,30,32). The first-order valence-corrected chi connectivity index (χ1v) is 11.1. The van der Waals surface area contributed by atoms with Gasteiger partial charge in [0.05, 0.1) is 11.4 Å².